The van der Waals surface area contributed by atoms with Gasteiger partial charge in [-0.1, -0.05) is 36.6 Å². The lowest BCUT2D eigenvalue weighted by Crippen LogP contribution is -2.29. The molecule has 1 fully saturated rings. The Bertz CT molecular complexity index is 1240. The molecule has 1 amide bonds. The van der Waals surface area contributed by atoms with E-state index < -0.39 is 5.91 Å². The summed E-state index contributed by atoms with van der Waals surface area (Å²) >= 11 is 0. The third kappa shape index (κ3) is 3.25. The Morgan fingerprint density at radius 1 is 1.19 bits per heavy atom. The molecule has 1 aromatic carbocycles. The van der Waals surface area contributed by atoms with Gasteiger partial charge in [-0.05, 0) is 38.3 Å². The number of hydrogen-bond donors (Lipinski definition) is 1. The van der Waals surface area contributed by atoms with Gasteiger partial charge in [-0.3, -0.25) is 14.3 Å². The minimum atomic E-state index is -0.451. The van der Waals surface area contributed by atoms with E-state index in [1.54, 1.807) is 11.6 Å². The maximum absolute atomic E-state index is 13.2. The van der Waals surface area contributed by atoms with Crippen LogP contribution in [0, 0.1) is 13.8 Å². The van der Waals surface area contributed by atoms with Gasteiger partial charge in [0.2, 0.25) is 0 Å². The average molecular weight is 437 g/mol. The third-order valence-electron chi connectivity index (χ3n) is 6.85. The molecule has 0 radical (unpaired) electrons. The number of rotatable bonds is 4. The average Bonchev–Trinajstić information content (AvgIpc) is 3.48. The zero-order valence-electron chi connectivity index (χ0n) is 18.7. The Kier molecular flexibility index (Phi) is 5.15. The molecule has 32 heavy (non-hydrogen) atoms. The number of para-hydroxylation sites is 1. The number of carbonyl (C=O) groups is 1. The maximum atomic E-state index is 13.2. The first-order valence-corrected chi connectivity index (χ1v) is 11.3. The largest absolute Gasteiger partial charge is 0.492 e. The molecule has 1 N–H and O–H groups in total. The summed E-state index contributed by atoms with van der Waals surface area (Å²) in [6, 6.07) is 6.06. The highest BCUT2D eigenvalue weighted by atomic mass is 16.5. The second-order valence-corrected chi connectivity index (χ2v) is 8.76. The summed E-state index contributed by atoms with van der Waals surface area (Å²) in [6.45, 7) is 4.28. The molecule has 0 saturated heterocycles. The van der Waals surface area contributed by atoms with E-state index in [9.17, 15) is 9.59 Å². The topological polar surface area (TPSA) is 91.3 Å². The molecular formula is C24H28N4O4. The smallest absolute Gasteiger partial charge is 0.291 e. The van der Waals surface area contributed by atoms with Crippen molar-refractivity contribution < 1.29 is 14.1 Å². The molecule has 0 spiro atoms. The van der Waals surface area contributed by atoms with Gasteiger partial charge in [0.05, 0.1) is 23.9 Å². The summed E-state index contributed by atoms with van der Waals surface area (Å²) in [5.41, 5.74) is 3.56. The maximum Gasteiger partial charge on any atom is 0.291 e. The predicted molar refractivity (Wildman–Crippen MR) is 120 cm³/mol. The fraction of sp³-hybridized carbons (Fsp3) is 0.458. The molecule has 1 saturated carbocycles. The highest BCUT2D eigenvalue weighted by Gasteiger charge is 2.28. The number of anilines is 1. The van der Waals surface area contributed by atoms with E-state index in [0.29, 0.717) is 23.6 Å². The van der Waals surface area contributed by atoms with E-state index in [1.165, 1.54) is 6.42 Å². The molecule has 3 heterocycles. The molecule has 1 aliphatic heterocycles. The number of nitrogens with zero attached hydrogens (tertiary/aromatic N) is 3. The van der Waals surface area contributed by atoms with Crippen molar-refractivity contribution in [3.63, 3.8) is 0 Å². The molecular weight excluding hydrogens is 408 g/mol. The summed E-state index contributed by atoms with van der Waals surface area (Å²) in [4.78, 5) is 26.3. The van der Waals surface area contributed by atoms with Gasteiger partial charge in [0.15, 0.2) is 11.5 Å². The lowest BCUT2D eigenvalue weighted by atomic mass is 9.96. The van der Waals surface area contributed by atoms with Crippen molar-refractivity contribution >= 4 is 11.6 Å². The van der Waals surface area contributed by atoms with Gasteiger partial charge in [0.25, 0.3) is 11.5 Å². The molecule has 168 valence electrons. The van der Waals surface area contributed by atoms with Gasteiger partial charge in [0, 0.05) is 19.0 Å². The van der Waals surface area contributed by atoms with Crippen LogP contribution in [0.15, 0.2) is 27.5 Å². The van der Waals surface area contributed by atoms with Crippen LogP contribution in [0.25, 0.3) is 11.3 Å². The van der Waals surface area contributed by atoms with Crippen molar-refractivity contribution in [3.8, 4) is 17.1 Å². The molecule has 1 aliphatic carbocycles. The van der Waals surface area contributed by atoms with Gasteiger partial charge in [-0.25, -0.2) is 4.68 Å². The molecule has 5 rings (SSSR count). The van der Waals surface area contributed by atoms with Crippen molar-refractivity contribution in [2.75, 3.05) is 11.9 Å². The highest BCUT2D eigenvalue weighted by molar-refractivity contribution is 6.04. The quantitative estimate of drug-likeness (QED) is 0.663. The fourth-order valence-corrected chi connectivity index (χ4v) is 4.97. The first kappa shape index (κ1) is 20.6. The van der Waals surface area contributed by atoms with E-state index in [4.69, 9.17) is 9.26 Å². The number of hydrogen-bond acceptors (Lipinski definition) is 5. The Morgan fingerprint density at radius 3 is 2.75 bits per heavy atom. The van der Waals surface area contributed by atoms with Crippen molar-refractivity contribution in [1.29, 1.82) is 0 Å². The number of fused-ring (bicyclic) bond motifs is 1. The zero-order valence-corrected chi connectivity index (χ0v) is 18.7. The summed E-state index contributed by atoms with van der Waals surface area (Å²) in [7, 11) is 1.87. The van der Waals surface area contributed by atoms with Crippen LogP contribution in [0.4, 0.5) is 5.69 Å². The van der Waals surface area contributed by atoms with Gasteiger partial charge in [-0.2, -0.15) is 0 Å². The van der Waals surface area contributed by atoms with E-state index in [2.05, 4.69) is 10.5 Å². The lowest BCUT2D eigenvalue weighted by Gasteiger charge is -2.24. The van der Waals surface area contributed by atoms with Crippen molar-refractivity contribution in [2.45, 2.75) is 58.4 Å². The van der Waals surface area contributed by atoms with Crippen molar-refractivity contribution in [1.82, 2.24) is 14.5 Å². The van der Waals surface area contributed by atoms with Crippen LogP contribution in [-0.2, 0) is 13.5 Å². The second-order valence-electron chi connectivity index (χ2n) is 8.76. The number of nitrogens with one attached hydrogen (secondary N) is 1. The Morgan fingerprint density at radius 2 is 1.97 bits per heavy atom. The van der Waals surface area contributed by atoms with Gasteiger partial charge in [0.1, 0.15) is 11.4 Å². The molecule has 0 unspecified atom stereocenters. The molecule has 2 aromatic heterocycles. The minimum absolute atomic E-state index is 0.166. The molecule has 0 atom stereocenters. The number of aromatic nitrogens is 3. The van der Waals surface area contributed by atoms with Gasteiger partial charge < -0.3 is 14.6 Å². The van der Waals surface area contributed by atoms with E-state index in [1.807, 2.05) is 36.9 Å². The molecule has 2 aliphatic rings. The fourth-order valence-electron chi connectivity index (χ4n) is 4.97. The minimum Gasteiger partial charge on any atom is -0.492 e. The highest BCUT2D eigenvalue weighted by Crippen LogP contribution is 2.39. The number of amides is 1. The molecule has 3 aromatic rings. The van der Waals surface area contributed by atoms with Crippen molar-refractivity contribution in [3.05, 3.63) is 51.1 Å². The van der Waals surface area contributed by atoms with E-state index >= 15 is 0 Å². The molecule has 8 heteroatoms. The normalized spacial score (nSPS) is 16.1. The van der Waals surface area contributed by atoms with Gasteiger partial charge in [-0.15, -0.1) is 0 Å². The number of ether oxygens (including phenoxy) is 1. The second kappa shape index (κ2) is 8.00. The summed E-state index contributed by atoms with van der Waals surface area (Å²) in [5, 5.41) is 6.84. The monoisotopic (exact) mass is 436 g/mol. The SMILES string of the molecule is Cc1c(C(=O)Nc2c(C)n(C)n(C3CCCCC3)c2=O)noc1-c1cccc2c1OCC2. The van der Waals surface area contributed by atoms with E-state index in [-0.39, 0.29) is 17.3 Å². The van der Waals surface area contributed by atoms with Crippen LogP contribution in [0.1, 0.15) is 65.5 Å². The Balaban J connectivity index is 1.45. The van der Waals surface area contributed by atoms with Gasteiger partial charge >= 0.3 is 0 Å². The first-order chi connectivity index (χ1) is 15.5. The summed E-state index contributed by atoms with van der Waals surface area (Å²) in [6.07, 6.45) is 6.28. The Hall–Kier alpha value is -3.29. The predicted octanol–water partition coefficient (Wildman–Crippen LogP) is 4.15. The number of carbonyl (C=O) groups excluding carboxylic acids is 1. The number of benzene rings is 1. The first-order valence-electron chi connectivity index (χ1n) is 11.3. The van der Waals surface area contributed by atoms with Crippen LogP contribution < -0.4 is 15.6 Å². The van der Waals surface area contributed by atoms with Crippen LogP contribution >= 0.6 is 0 Å². The zero-order chi connectivity index (χ0) is 22.4. The summed E-state index contributed by atoms with van der Waals surface area (Å²) in [5.74, 6) is 0.846. The van der Waals surface area contributed by atoms with Crippen LogP contribution in [-0.4, -0.2) is 27.0 Å². The van der Waals surface area contributed by atoms with Crippen LogP contribution in [0.5, 0.6) is 5.75 Å². The van der Waals surface area contributed by atoms with E-state index in [0.717, 1.165) is 54.7 Å². The Labute approximate surface area is 186 Å². The molecule has 8 nitrogen and oxygen atoms in total. The van der Waals surface area contributed by atoms with Crippen LogP contribution in [0.2, 0.25) is 0 Å². The summed E-state index contributed by atoms with van der Waals surface area (Å²) < 4.78 is 15.0. The third-order valence-corrected chi connectivity index (χ3v) is 6.85. The van der Waals surface area contributed by atoms with Crippen LogP contribution in [0.3, 0.4) is 0 Å². The standard InChI is InChI=1S/C24H28N4O4/c1-14-19(26-32-21(14)18-11-7-8-16-12-13-31-22(16)18)23(29)25-20-15(2)27(3)28(24(20)30)17-9-5-4-6-10-17/h7-8,11,17H,4-6,9-10,12-13H2,1-3H3,(H,25,29). The lowest BCUT2D eigenvalue weighted by molar-refractivity contribution is 0.101. The van der Waals surface area contributed by atoms with Crippen molar-refractivity contribution in [2.24, 2.45) is 7.05 Å². The molecule has 0 bridgehead atoms.